The van der Waals surface area contributed by atoms with Crippen LogP contribution in [-0.2, 0) is 9.59 Å². The summed E-state index contributed by atoms with van der Waals surface area (Å²) in [6, 6.07) is 14.8. The molecule has 27 heavy (non-hydrogen) atoms. The Morgan fingerprint density at radius 1 is 1.22 bits per heavy atom. The maximum absolute atomic E-state index is 12.6. The van der Waals surface area contributed by atoms with Gasteiger partial charge in [-0.05, 0) is 64.6 Å². The number of hydrogen-bond donors (Lipinski definition) is 1. The molecule has 0 aromatic heterocycles. The van der Waals surface area contributed by atoms with Crippen molar-refractivity contribution in [2.75, 3.05) is 11.9 Å². The number of halogens is 2. The van der Waals surface area contributed by atoms with Crippen LogP contribution in [0, 0.1) is 3.57 Å². The van der Waals surface area contributed by atoms with Gasteiger partial charge in [-0.25, -0.2) is 0 Å². The number of rotatable bonds is 5. The second-order valence-corrected chi connectivity index (χ2v) is 8.99. The van der Waals surface area contributed by atoms with Gasteiger partial charge in [-0.1, -0.05) is 53.8 Å². The van der Waals surface area contributed by atoms with Gasteiger partial charge >= 0.3 is 0 Å². The molecular weight excluding hydrogens is 515 g/mol. The van der Waals surface area contributed by atoms with Crippen LogP contribution >= 0.6 is 58.2 Å². The van der Waals surface area contributed by atoms with Gasteiger partial charge in [0.15, 0.2) is 0 Å². The van der Waals surface area contributed by atoms with Crippen LogP contribution in [0.5, 0.6) is 0 Å². The van der Waals surface area contributed by atoms with E-state index in [-0.39, 0.29) is 24.8 Å². The Hall–Kier alpha value is -1.42. The van der Waals surface area contributed by atoms with Crippen molar-refractivity contribution in [3.63, 3.8) is 0 Å². The summed E-state index contributed by atoms with van der Waals surface area (Å²) in [4.78, 5) is 26.7. The Morgan fingerprint density at radius 3 is 2.63 bits per heavy atom. The zero-order chi connectivity index (χ0) is 19.4. The molecule has 0 aliphatic carbocycles. The molecule has 1 aliphatic rings. The lowest BCUT2D eigenvalue weighted by Gasteiger charge is -2.14. The van der Waals surface area contributed by atoms with Crippen molar-refractivity contribution < 1.29 is 9.59 Å². The third-order valence-electron chi connectivity index (χ3n) is 3.76. The second-order valence-electron chi connectivity index (χ2n) is 5.66. The summed E-state index contributed by atoms with van der Waals surface area (Å²) in [7, 11) is 0. The highest BCUT2D eigenvalue weighted by Crippen LogP contribution is 2.33. The van der Waals surface area contributed by atoms with E-state index in [2.05, 4.69) is 27.9 Å². The van der Waals surface area contributed by atoms with Gasteiger partial charge < -0.3 is 5.32 Å². The van der Waals surface area contributed by atoms with E-state index in [1.54, 1.807) is 12.1 Å². The predicted molar refractivity (Wildman–Crippen MR) is 124 cm³/mol. The fraction of sp³-hybridized carbons (Fsp3) is 0.105. The van der Waals surface area contributed by atoms with Crippen LogP contribution in [0.1, 0.15) is 12.0 Å². The average Bonchev–Trinajstić information content (AvgIpc) is 2.90. The molecule has 3 rings (SSSR count). The van der Waals surface area contributed by atoms with Crippen LogP contribution in [0.2, 0.25) is 5.02 Å². The second kappa shape index (κ2) is 9.18. The number of anilines is 1. The van der Waals surface area contributed by atoms with E-state index in [0.717, 1.165) is 14.8 Å². The molecule has 1 heterocycles. The van der Waals surface area contributed by atoms with Crippen LogP contribution in [0.4, 0.5) is 5.69 Å². The maximum Gasteiger partial charge on any atom is 0.266 e. The van der Waals surface area contributed by atoms with Crippen molar-refractivity contribution in [3.8, 4) is 0 Å². The smallest absolute Gasteiger partial charge is 0.266 e. The SMILES string of the molecule is O=C(CCN1C(=O)/C(=C\c2ccccc2Cl)SC1=S)Nc1ccc(I)cc1. The van der Waals surface area contributed by atoms with Gasteiger partial charge in [-0.2, -0.15) is 0 Å². The van der Waals surface area contributed by atoms with Crippen LogP contribution < -0.4 is 5.32 Å². The van der Waals surface area contributed by atoms with E-state index >= 15 is 0 Å². The van der Waals surface area contributed by atoms with Crippen LogP contribution in [0.25, 0.3) is 6.08 Å². The molecule has 1 fully saturated rings. The normalized spacial score (nSPS) is 15.5. The molecule has 0 bridgehead atoms. The molecule has 0 radical (unpaired) electrons. The molecule has 2 aromatic carbocycles. The standard InChI is InChI=1S/C19H14ClIN2O2S2/c20-15-4-2-1-3-12(15)11-16-18(25)23(19(26)27-16)10-9-17(24)22-14-7-5-13(21)6-8-14/h1-8,11H,9-10H2,(H,22,24)/b16-11+. The van der Waals surface area contributed by atoms with E-state index in [1.807, 2.05) is 42.5 Å². The minimum atomic E-state index is -0.202. The zero-order valence-corrected chi connectivity index (χ0v) is 18.5. The molecule has 2 amide bonds. The summed E-state index contributed by atoms with van der Waals surface area (Å²) in [5.41, 5.74) is 1.49. The molecule has 1 aliphatic heterocycles. The first kappa shape index (κ1) is 20.3. The largest absolute Gasteiger partial charge is 0.326 e. The highest BCUT2D eigenvalue weighted by molar-refractivity contribution is 14.1. The number of nitrogens with zero attached hydrogens (tertiary/aromatic N) is 1. The van der Waals surface area contributed by atoms with E-state index in [4.69, 9.17) is 23.8 Å². The zero-order valence-electron chi connectivity index (χ0n) is 13.9. The van der Waals surface area contributed by atoms with Crippen molar-refractivity contribution in [1.29, 1.82) is 0 Å². The van der Waals surface area contributed by atoms with Gasteiger partial charge in [-0.3, -0.25) is 14.5 Å². The summed E-state index contributed by atoms with van der Waals surface area (Å²) < 4.78 is 1.54. The molecule has 8 heteroatoms. The number of thiocarbonyl (C=S) groups is 1. The number of carbonyl (C=O) groups excluding carboxylic acids is 2. The van der Waals surface area contributed by atoms with Crippen molar-refractivity contribution >= 4 is 86.1 Å². The summed E-state index contributed by atoms with van der Waals surface area (Å²) in [6.45, 7) is 0.237. The number of thioether (sulfide) groups is 1. The molecule has 4 nitrogen and oxygen atoms in total. The lowest BCUT2D eigenvalue weighted by molar-refractivity contribution is -0.122. The average molecular weight is 529 g/mol. The lowest BCUT2D eigenvalue weighted by atomic mass is 10.2. The number of nitrogens with one attached hydrogen (secondary N) is 1. The maximum atomic E-state index is 12.6. The number of carbonyl (C=O) groups is 2. The molecule has 1 N–H and O–H groups in total. The third kappa shape index (κ3) is 5.31. The van der Waals surface area contributed by atoms with Crippen molar-refractivity contribution in [2.24, 2.45) is 0 Å². The van der Waals surface area contributed by atoms with E-state index in [0.29, 0.717) is 14.2 Å². The minimum Gasteiger partial charge on any atom is -0.326 e. The summed E-state index contributed by atoms with van der Waals surface area (Å²) in [6.07, 6.45) is 1.89. The number of hydrogen-bond acceptors (Lipinski definition) is 4. The Labute approximate surface area is 185 Å². The summed E-state index contributed by atoms with van der Waals surface area (Å²) >= 11 is 14.9. The topological polar surface area (TPSA) is 49.4 Å². The molecule has 0 spiro atoms. The Bertz CT molecular complexity index is 932. The molecule has 0 unspecified atom stereocenters. The Balaban J connectivity index is 1.61. The number of amides is 2. The monoisotopic (exact) mass is 528 g/mol. The highest BCUT2D eigenvalue weighted by atomic mass is 127. The molecule has 0 atom stereocenters. The highest BCUT2D eigenvalue weighted by Gasteiger charge is 2.32. The lowest BCUT2D eigenvalue weighted by Crippen LogP contribution is -2.31. The molecular formula is C19H14ClIN2O2S2. The van der Waals surface area contributed by atoms with Crippen molar-refractivity contribution in [2.45, 2.75) is 6.42 Å². The summed E-state index contributed by atoms with van der Waals surface area (Å²) in [5, 5.41) is 3.39. The van der Waals surface area contributed by atoms with E-state index < -0.39 is 0 Å². The number of benzene rings is 2. The van der Waals surface area contributed by atoms with Crippen LogP contribution in [-0.4, -0.2) is 27.6 Å². The van der Waals surface area contributed by atoms with Crippen molar-refractivity contribution in [3.05, 3.63) is 67.6 Å². The molecule has 138 valence electrons. The van der Waals surface area contributed by atoms with Gasteiger partial charge in [0.1, 0.15) is 4.32 Å². The quantitative estimate of drug-likeness (QED) is 0.330. The minimum absolute atomic E-state index is 0.164. The summed E-state index contributed by atoms with van der Waals surface area (Å²) in [5.74, 6) is -0.368. The molecule has 0 saturated carbocycles. The van der Waals surface area contributed by atoms with Gasteiger partial charge in [0.2, 0.25) is 5.91 Å². The van der Waals surface area contributed by atoms with Crippen LogP contribution in [0.15, 0.2) is 53.4 Å². The Kier molecular flexibility index (Phi) is 6.91. The fourth-order valence-electron chi connectivity index (χ4n) is 2.40. The van der Waals surface area contributed by atoms with Gasteiger partial charge in [-0.15, -0.1) is 0 Å². The Morgan fingerprint density at radius 2 is 1.93 bits per heavy atom. The van der Waals surface area contributed by atoms with E-state index in [9.17, 15) is 9.59 Å². The predicted octanol–water partition coefficient (Wildman–Crippen LogP) is 5.17. The van der Waals surface area contributed by atoms with Gasteiger partial charge in [0.05, 0.1) is 4.91 Å². The van der Waals surface area contributed by atoms with Gasteiger partial charge in [0.25, 0.3) is 5.91 Å². The van der Waals surface area contributed by atoms with Gasteiger partial charge in [0, 0.05) is 27.2 Å². The third-order valence-corrected chi connectivity index (χ3v) is 6.20. The first-order chi connectivity index (χ1) is 12.9. The van der Waals surface area contributed by atoms with Crippen LogP contribution in [0.3, 0.4) is 0 Å². The fourth-order valence-corrected chi connectivity index (χ4v) is 4.25. The first-order valence-electron chi connectivity index (χ1n) is 7.99. The molecule has 1 saturated heterocycles. The molecule has 2 aromatic rings. The van der Waals surface area contributed by atoms with Crippen molar-refractivity contribution in [1.82, 2.24) is 4.90 Å². The first-order valence-corrected chi connectivity index (χ1v) is 10.7. The van der Waals surface area contributed by atoms with E-state index in [1.165, 1.54) is 16.7 Å².